The second-order valence-corrected chi connectivity index (χ2v) is 11.7. The summed E-state index contributed by atoms with van der Waals surface area (Å²) in [5.41, 5.74) is 2.07. The monoisotopic (exact) mass is 647 g/mol. The highest BCUT2D eigenvalue weighted by Gasteiger charge is 2.32. The van der Waals surface area contributed by atoms with Crippen molar-refractivity contribution in [3.05, 3.63) is 60.2 Å². The van der Waals surface area contributed by atoms with Gasteiger partial charge in [-0.2, -0.15) is 0 Å². The molecule has 0 saturated heterocycles. The third-order valence-corrected chi connectivity index (χ3v) is 8.23. The summed E-state index contributed by atoms with van der Waals surface area (Å²) < 4.78 is 28.0. The van der Waals surface area contributed by atoms with Gasteiger partial charge in [0.1, 0.15) is 11.9 Å². The summed E-state index contributed by atoms with van der Waals surface area (Å²) in [6.07, 6.45) is -0.535. The van der Waals surface area contributed by atoms with Gasteiger partial charge in [0.15, 0.2) is 23.0 Å². The number of urea groups is 2. The molecule has 3 atom stereocenters. The lowest BCUT2D eigenvalue weighted by molar-refractivity contribution is -0.134. The third-order valence-electron chi connectivity index (χ3n) is 8.23. The zero-order valence-electron chi connectivity index (χ0n) is 26.3. The van der Waals surface area contributed by atoms with Crippen molar-refractivity contribution in [3.63, 3.8) is 0 Å². The first kappa shape index (κ1) is 31.6. The SMILES string of the molecule is C[C@H]1CN([C@@H](C)CO)C(=O)Cc2cc(NC(=O)Nc3ccc4c(c3)OCO4)ccc2O[C@@H]1CN(C)C(=O)Nc1ccc2c(c1)OCO2. The molecule has 14 heteroatoms. The van der Waals surface area contributed by atoms with E-state index in [1.165, 1.54) is 4.90 Å². The minimum atomic E-state index is -0.520. The molecule has 47 heavy (non-hydrogen) atoms. The summed E-state index contributed by atoms with van der Waals surface area (Å²) in [7, 11) is 1.66. The summed E-state index contributed by atoms with van der Waals surface area (Å²) in [4.78, 5) is 42.8. The number of benzene rings is 3. The Hall–Kier alpha value is -5.37. The number of ether oxygens (including phenoxy) is 5. The predicted molar refractivity (Wildman–Crippen MR) is 171 cm³/mol. The Morgan fingerprint density at radius 3 is 2.04 bits per heavy atom. The highest BCUT2D eigenvalue weighted by Crippen LogP contribution is 2.36. The van der Waals surface area contributed by atoms with E-state index >= 15 is 0 Å². The van der Waals surface area contributed by atoms with Crippen LogP contribution in [0.2, 0.25) is 0 Å². The van der Waals surface area contributed by atoms with E-state index in [0.29, 0.717) is 57.9 Å². The van der Waals surface area contributed by atoms with Crippen LogP contribution >= 0.6 is 0 Å². The van der Waals surface area contributed by atoms with E-state index in [-0.39, 0.29) is 51.0 Å². The van der Waals surface area contributed by atoms with Gasteiger partial charge in [0, 0.05) is 54.3 Å². The van der Waals surface area contributed by atoms with Gasteiger partial charge in [0.2, 0.25) is 19.5 Å². The first-order valence-electron chi connectivity index (χ1n) is 15.3. The number of hydrogen-bond donors (Lipinski definition) is 4. The summed E-state index contributed by atoms with van der Waals surface area (Å²) in [6, 6.07) is 14.0. The van der Waals surface area contributed by atoms with E-state index in [2.05, 4.69) is 16.0 Å². The number of hydrogen-bond acceptors (Lipinski definition) is 9. The van der Waals surface area contributed by atoms with Gasteiger partial charge in [-0.15, -0.1) is 0 Å². The number of aliphatic hydroxyl groups excluding tert-OH is 1. The Kier molecular flexibility index (Phi) is 9.11. The second kappa shape index (κ2) is 13.5. The molecule has 0 radical (unpaired) electrons. The van der Waals surface area contributed by atoms with E-state index in [9.17, 15) is 19.5 Å². The second-order valence-electron chi connectivity index (χ2n) is 11.7. The summed E-state index contributed by atoms with van der Waals surface area (Å²) >= 11 is 0. The number of rotatable bonds is 7. The molecule has 3 aromatic carbocycles. The molecule has 0 fully saturated rings. The van der Waals surface area contributed by atoms with Crippen LogP contribution in [0.3, 0.4) is 0 Å². The Morgan fingerprint density at radius 2 is 1.43 bits per heavy atom. The fourth-order valence-electron chi connectivity index (χ4n) is 5.54. The Labute approximate surface area is 271 Å². The zero-order valence-corrected chi connectivity index (χ0v) is 26.3. The molecule has 14 nitrogen and oxygen atoms in total. The van der Waals surface area contributed by atoms with Gasteiger partial charge in [-0.05, 0) is 49.4 Å². The molecule has 0 saturated carbocycles. The van der Waals surface area contributed by atoms with E-state index in [1.807, 2.05) is 6.92 Å². The van der Waals surface area contributed by atoms with Crippen molar-refractivity contribution in [2.24, 2.45) is 5.92 Å². The molecule has 6 rings (SSSR count). The lowest BCUT2D eigenvalue weighted by atomic mass is 10.0. The van der Waals surface area contributed by atoms with Crippen LogP contribution in [-0.4, -0.2) is 85.4 Å². The van der Waals surface area contributed by atoms with Gasteiger partial charge in [-0.25, -0.2) is 9.59 Å². The zero-order chi connectivity index (χ0) is 33.1. The summed E-state index contributed by atoms with van der Waals surface area (Å²) in [6.45, 7) is 4.27. The van der Waals surface area contributed by atoms with Crippen LogP contribution in [0, 0.1) is 5.92 Å². The number of carbonyl (C=O) groups is 3. The third kappa shape index (κ3) is 7.22. The van der Waals surface area contributed by atoms with Gasteiger partial charge in [0.05, 0.1) is 25.6 Å². The van der Waals surface area contributed by atoms with Gasteiger partial charge < -0.3 is 54.5 Å². The Morgan fingerprint density at radius 1 is 0.872 bits per heavy atom. The predicted octanol–water partition coefficient (Wildman–Crippen LogP) is 4.10. The van der Waals surface area contributed by atoms with Crippen LogP contribution in [0.25, 0.3) is 0 Å². The lowest BCUT2D eigenvalue weighted by Crippen LogP contribution is -2.48. The van der Waals surface area contributed by atoms with Crippen molar-refractivity contribution in [2.45, 2.75) is 32.4 Å². The van der Waals surface area contributed by atoms with Crippen LogP contribution in [0.4, 0.5) is 26.7 Å². The minimum absolute atomic E-state index is 0.0150. The number of aliphatic hydroxyl groups is 1. The standard InChI is InChI=1S/C33H37N5O9/c1-19-14-38(20(2)16-39)31(40)11-21-10-22(34-32(41)35-23-5-8-26-28(12-23)45-17-43-26)4-7-25(21)47-30(19)15-37(3)33(42)36-24-6-9-27-29(13-24)46-18-44-27/h4-10,12-13,19-20,30,39H,11,14-18H2,1-3H3,(H,36,42)(H2,34,35,41)/t19-,20-,30+/m0/s1. The number of likely N-dealkylation sites (N-methyl/N-ethyl adjacent to an activating group) is 1. The topological polar surface area (TPSA) is 160 Å². The first-order chi connectivity index (χ1) is 22.7. The molecule has 0 unspecified atom stereocenters. The van der Waals surface area contributed by atoms with Crippen LogP contribution < -0.4 is 39.6 Å². The molecule has 0 bridgehead atoms. The number of nitrogens with one attached hydrogen (secondary N) is 3. The first-order valence-corrected chi connectivity index (χ1v) is 15.3. The molecule has 0 spiro atoms. The Balaban J connectivity index is 1.18. The van der Waals surface area contributed by atoms with Crippen LogP contribution in [0.5, 0.6) is 28.7 Å². The maximum atomic E-state index is 13.6. The van der Waals surface area contributed by atoms with Gasteiger partial charge in [-0.1, -0.05) is 6.92 Å². The molecule has 3 aromatic rings. The largest absolute Gasteiger partial charge is 0.488 e. The van der Waals surface area contributed by atoms with Gasteiger partial charge in [0.25, 0.3) is 0 Å². The maximum Gasteiger partial charge on any atom is 0.323 e. The minimum Gasteiger partial charge on any atom is -0.488 e. The summed E-state index contributed by atoms with van der Waals surface area (Å²) in [5, 5.41) is 18.4. The van der Waals surface area contributed by atoms with Crippen molar-refractivity contribution in [3.8, 4) is 28.7 Å². The highest BCUT2D eigenvalue weighted by atomic mass is 16.7. The average Bonchev–Trinajstić information content (AvgIpc) is 3.73. The maximum absolute atomic E-state index is 13.6. The van der Waals surface area contributed by atoms with Crippen molar-refractivity contribution >= 4 is 35.0 Å². The molecule has 3 aliphatic rings. The smallest absolute Gasteiger partial charge is 0.323 e. The van der Waals surface area contributed by atoms with E-state index in [1.54, 1.807) is 73.5 Å². The van der Waals surface area contributed by atoms with Crippen molar-refractivity contribution in [1.82, 2.24) is 9.80 Å². The average molecular weight is 648 g/mol. The normalized spacial score (nSPS) is 18.6. The number of carbonyl (C=O) groups excluding carboxylic acids is 3. The number of nitrogens with zero attached hydrogens (tertiary/aromatic N) is 2. The summed E-state index contributed by atoms with van der Waals surface area (Å²) in [5.74, 6) is 2.36. The number of fused-ring (bicyclic) bond motifs is 3. The van der Waals surface area contributed by atoms with E-state index in [0.717, 1.165) is 0 Å². The quantitative estimate of drug-likeness (QED) is 0.296. The molecule has 5 amide bonds. The van der Waals surface area contributed by atoms with Crippen molar-refractivity contribution < 1.29 is 43.2 Å². The highest BCUT2D eigenvalue weighted by molar-refractivity contribution is 6.00. The van der Waals surface area contributed by atoms with Gasteiger partial charge >= 0.3 is 12.1 Å². The molecule has 0 aliphatic carbocycles. The van der Waals surface area contributed by atoms with E-state index in [4.69, 9.17) is 23.7 Å². The molecular formula is C33H37N5O9. The van der Waals surface area contributed by atoms with Crippen molar-refractivity contribution in [1.29, 1.82) is 0 Å². The van der Waals surface area contributed by atoms with Crippen LogP contribution in [-0.2, 0) is 11.2 Å². The number of amides is 5. The molecule has 3 heterocycles. The molecular weight excluding hydrogens is 610 g/mol. The molecule has 3 aliphatic heterocycles. The molecule has 4 N–H and O–H groups in total. The van der Waals surface area contributed by atoms with Gasteiger partial charge in [-0.3, -0.25) is 4.79 Å². The fraction of sp³-hybridized carbons (Fsp3) is 0.364. The molecule has 0 aromatic heterocycles. The fourth-order valence-corrected chi connectivity index (χ4v) is 5.54. The molecule has 248 valence electrons. The number of anilines is 3. The van der Waals surface area contributed by atoms with Crippen LogP contribution in [0.15, 0.2) is 54.6 Å². The lowest BCUT2D eigenvalue weighted by Gasteiger charge is -2.34. The van der Waals surface area contributed by atoms with Crippen LogP contribution in [0.1, 0.15) is 19.4 Å². The van der Waals surface area contributed by atoms with Crippen molar-refractivity contribution in [2.75, 3.05) is 56.3 Å². The Bertz CT molecular complexity index is 1670. The van der Waals surface area contributed by atoms with E-state index < -0.39 is 18.2 Å².